The summed E-state index contributed by atoms with van der Waals surface area (Å²) in [5, 5.41) is 14.2. The minimum Gasteiger partial charge on any atom is -0.480 e. The molecular formula is C13H24N2O4S. The summed E-state index contributed by atoms with van der Waals surface area (Å²) >= 11 is 1.56. The molecule has 0 aromatic heterocycles. The van der Waals surface area contributed by atoms with Crippen molar-refractivity contribution < 1.29 is 19.4 Å². The van der Waals surface area contributed by atoms with Gasteiger partial charge in [-0.25, -0.2) is 9.59 Å². The predicted octanol–water partition coefficient (Wildman–Crippen LogP) is 1.45. The van der Waals surface area contributed by atoms with Gasteiger partial charge < -0.3 is 20.5 Å². The van der Waals surface area contributed by atoms with E-state index in [-0.39, 0.29) is 6.10 Å². The quantitative estimate of drug-likeness (QED) is 0.632. The van der Waals surface area contributed by atoms with E-state index in [9.17, 15) is 9.59 Å². The van der Waals surface area contributed by atoms with Crippen molar-refractivity contribution in [3.8, 4) is 0 Å². The molecule has 1 rings (SSSR count). The van der Waals surface area contributed by atoms with E-state index in [1.807, 2.05) is 6.26 Å². The van der Waals surface area contributed by atoms with Gasteiger partial charge in [0.2, 0.25) is 0 Å². The van der Waals surface area contributed by atoms with Crippen LogP contribution in [0.25, 0.3) is 0 Å². The molecule has 0 radical (unpaired) electrons. The average Bonchev–Trinajstić information content (AvgIpc) is 2.44. The summed E-state index contributed by atoms with van der Waals surface area (Å²) in [5.74, 6) is -0.294. The second kappa shape index (κ2) is 9.88. The van der Waals surface area contributed by atoms with Crippen LogP contribution in [0.1, 0.15) is 32.1 Å². The number of carboxylic acid groups (broad SMARTS) is 1. The number of amides is 2. The van der Waals surface area contributed by atoms with E-state index in [0.29, 0.717) is 18.7 Å². The van der Waals surface area contributed by atoms with Crippen LogP contribution in [0, 0.1) is 0 Å². The minimum atomic E-state index is -0.996. The maximum Gasteiger partial charge on any atom is 0.326 e. The third-order valence-electron chi connectivity index (χ3n) is 3.24. The van der Waals surface area contributed by atoms with Gasteiger partial charge in [-0.15, -0.1) is 0 Å². The van der Waals surface area contributed by atoms with Crippen molar-refractivity contribution in [2.45, 2.75) is 44.2 Å². The highest BCUT2D eigenvalue weighted by Gasteiger charge is 2.19. The Labute approximate surface area is 124 Å². The van der Waals surface area contributed by atoms with Gasteiger partial charge in [0, 0.05) is 13.2 Å². The van der Waals surface area contributed by atoms with E-state index < -0.39 is 18.0 Å². The van der Waals surface area contributed by atoms with Gasteiger partial charge in [-0.1, -0.05) is 0 Å². The Morgan fingerprint density at radius 3 is 2.85 bits per heavy atom. The number of rotatable bonds is 8. The van der Waals surface area contributed by atoms with Crippen LogP contribution in [0.15, 0.2) is 0 Å². The molecular weight excluding hydrogens is 280 g/mol. The van der Waals surface area contributed by atoms with Crippen LogP contribution in [-0.2, 0) is 9.53 Å². The number of aliphatic carboxylic acids is 1. The first kappa shape index (κ1) is 17.1. The highest BCUT2D eigenvalue weighted by molar-refractivity contribution is 7.98. The summed E-state index contributed by atoms with van der Waals surface area (Å²) in [7, 11) is 0. The third kappa shape index (κ3) is 7.00. The lowest BCUT2D eigenvalue weighted by Crippen LogP contribution is -2.46. The van der Waals surface area contributed by atoms with E-state index in [1.54, 1.807) is 11.8 Å². The zero-order valence-corrected chi connectivity index (χ0v) is 12.7. The van der Waals surface area contributed by atoms with Crippen LogP contribution >= 0.6 is 11.8 Å². The van der Waals surface area contributed by atoms with Gasteiger partial charge in [0.05, 0.1) is 6.10 Å². The first-order valence-corrected chi connectivity index (χ1v) is 8.40. The van der Waals surface area contributed by atoms with Crippen molar-refractivity contribution in [3.63, 3.8) is 0 Å². The first-order valence-electron chi connectivity index (χ1n) is 7.01. The van der Waals surface area contributed by atoms with Crippen molar-refractivity contribution in [2.75, 3.05) is 25.2 Å². The normalized spacial score (nSPS) is 20.1. The monoisotopic (exact) mass is 304 g/mol. The molecule has 1 aliphatic heterocycles. The molecule has 0 aromatic carbocycles. The molecule has 1 fully saturated rings. The number of thioether (sulfide) groups is 1. The molecule has 0 aromatic rings. The Kier molecular flexibility index (Phi) is 8.45. The average molecular weight is 304 g/mol. The highest BCUT2D eigenvalue weighted by atomic mass is 32.2. The fraction of sp³-hybridized carbons (Fsp3) is 0.846. The third-order valence-corrected chi connectivity index (χ3v) is 3.88. The molecule has 0 spiro atoms. The number of hydrogen-bond acceptors (Lipinski definition) is 4. The van der Waals surface area contributed by atoms with Crippen LogP contribution in [0.5, 0.6) is 0 Å². The maximum absolute atomic E-state index is 11.6. The van der Waals surface area contributed by atoms with Gasteiger partial charge in [-0.05, 0) is 44.1 Å². The second-order valence-electron chi connectivity index (χ2n) is 4.85. The zero-order chi connectivity index (χ0) is 14.8. The fourth-order valence-corrected chi connectivity index (χ4v) is 2.56. The summed E-state index contributed by atoms with van der Waals surface area (Å²) in [5.41, 5.74) is 0. The first-order chi connectivity index (χ1) is 9.63. The number of carbonyl (C=O) groups excluding carboxylic acids is 1. The van der Waals surface area contributed by atoms with Crippen molar-refractivity contribution in [1.82, 2.24) is 10.6 Å². The maximum atomic E-state index is 11.6. The topological polar surface area (TPSA) is 87.7 Å². The Morgan fingerprint density at radius 2 is 2.25 bits per heavy atom. The molecule has 1 saturated heterocycles. The molecule has 7 heteroatoms. The van der Waals surface area contributed by atoms with E-state index >= 15 is 0 Å². The highest BCUT2D eigenvalue weighted by Crippen LogP contribution is 2.14. The van der Waals surface area contributed by atoms with E-state index in [4.69, 9.17) is 9.84 Å². The Morgan fingerprint density at radius 1 is 1.45 bits per heavy atom. The van der Waals surface area contributed by atoms with E-state index in [1.165, 1.54) is 6.42 Å². The molecule has 3 N–H and O–H groups in total. The van der Waals surface area contributed by atoms with Crippen molar-refractivity contribution in [2.24, 2.45) is 0 Å². The second-order valence-corrected chi connectivity index (χ2v) is 5.84. The lowest BCUT2D eigenvalue weighted by Gasteiger charge is -2.22. The van der Waals surface area contributed by atoms with Crippen molar-refractivity contribution in [3.05, 3.63) is 0 Å². The van der Waals surface area contributed by atoms with Gasteiger partial charge >= 0.3 is 12.0 Å². The molecule has 2 atom stereocenters. The number of nitrogens with one attached hydrogen (secondary N) is 2. The minimum absolute atomic E-state index is 0.218. The fourth-order valence-electron chi connectivity index (χ4n) is 2.08. The summed E-state index contributed by atoms with van der Waals surface area (Å²) in [4.78, 5) is 22.6. The Balaban J connectivity index is 2.18. The molecule has 2 amide bonds. The van der Waals surface area contributed by atoms with Crippen LogP contribution in [0.3, 0.4) is 0 Å². The molecule has 0 saturated carbocycles. The zero-order valence-electron chi connectivity index (χ0n) is 11.9. The van der Waals surface area contributed by atoms with Gasteiger partial charge in [-0.3, -0.25) is 0 Å². The summed E-state index contributed by atoms with van der Waals surface area (Å²) < 4.78 is 5.56. The van der Waals surface area contributed by atoms with Crippen LogP contribution in [0.4, 0.5) is 4.79 Å². The Hall–Kier alpha value is -0.950. The molecule has 0 aliphatic carbocycles. The van der Waals surface area contributed by atoms with Gasteiger partial charge in [0.1, 0.15) is 6.04 Å². The number of ether oxygens (including phenoxy) is 1. The summed E-state index contributed by atoms with van der Waals surface area (Å²) in [6, 6.07) is -1.25. The molecule has 1 unspecified atom stereocenters. The smallest absolute Gasteiger partial charge is 0.326 e. The van der Waals surface area contributed by atoms with Gasteiger partial charge in [-0.2, -0.15) is 11.8 Å². The lowest BCUT2D eigenvalue weighted by atomic mass is 10.1. The van der Waals surface area contributed by atoms with Gasteiger partial charge in [0.15, 0.2) is 0 Å². The lowest BCUT2D eigenvalue weighted by molar-refractivity contribution is -0.139. The Bertz CT molecular complexity index is 309. The van der Waals surface area contributed by atoms with Crippen LogP contribution in [-0.4, -0.2) is 54.4 Å². The molecule has 1 heterocycles. The molecule has 116 valence electrons. The molecule has 0 bridgehead atoms. The molecule has 1 aliphatic rings. The van der Waals surface area contributed by atoms with Crippen LogP contribution in [0.2, 0.25) is 0 Å². The summed E-state index contributed by atoms with van der Waals surface area (Å²) in [6.45, 7) is 1.30. The van der Waals surface area contributed by atoms with E-state index in [2.05, 4.69) is 10.6 Å². The number of carbonyl (C=O) groups is 2. The predicted molar refractivity (Wildman–Crippen MR) is 79.2 cm³/mol. The van der Waals surface area contributed by atoms with E-state index in [0.717, 1.165) is 25.9 Å². The van der Waals surface area contributed by atoms with Crippen molar-refractivity contribution >= 4 is 23.8 Å². The molecule has 20 heavy (non-hydrogen) atoms. The summed E-state index contributed by atoms with van der Waals surface area (Å²) in [6.07, 6.45) is 6.65. The number of urea groups is 1. The standard InChI is InChI=1S/C13H24N2O4S/c1-20-9-6-11(12(16)17)15-13(18)14-7-5-10-4-2-3-8-19-10/h10-11H,2-9H2,1H3,(H,16,17)(H2,14,15,18)/t10?,11-/m1/s1. The van der Waals surface area contributed by atoms with Crippen LogP contribution < -0.4 is 10.6 Å². The largest absolute Gasteiger partial charge is 0.480 e. The SMILES string of the molecule is CSCC[C@@H](NC(=O)NCCC1CCCCO1)C(=O)O. The number of hydrogen-bond donors (Lipinski definition) is 3. The van der Waals surface area contributed by atoms with Gasteiger partial charge in [0.25, 0.3) is 0 Å². The van der Waals surface area contributed by atoms with Crippen molar-refractivity contribution in [1.29, 1.82) is 0 Å². The number of carboxylic acids is 1. The molecule has 6 nitrogen and oxygen atoms in total.